The molecule has 0 aromatic heterocycles. The monoisotopic (exact) mass is 460 g/mol. The Labute approximate surface area is 176 Å². The second-order valence-corrected chi connectivity index (χ2v) is 6.33. The number of carbonyl (C=O) groups excluding carboxylic acids is 2. The maximum Gasteiger partial charge on any atom is 0.573 e. The summed E-state index contributed by atoms with van der Waals surface area (Å²) < 4.78 is 56.2. The lowest BCUT2D eigenvalue weighted by atomic mass is 10.1. The fourth-order valence-electron chi connectivity index (χ4n) is 2.45. The number of guanidine groups is 1. The predicted molar refractivity (Wildman–Crippen MR) is 101 cm³/mol. The number of halogens is 5. The van der Waals surface area contributed by atoms with E-state index in [9.17, 15) is 27.2 Å². The number of hydrogen-bond acceptors (Lipinski definition) is 7. The standard InChI is InChI=1S/C17H13ClF4N6O3/c1-28-16(25-26-27-28)24-15(30)9-6-7-11(31-17(20,21)22)13(12(9)18)23-14(29)8-4-2-3-5-10(8)19/h2-7,26-27H,1H3,(H,23,29)(H,24,25,30). The molecular weight excluding hydrogens is 448 g/mol. The van der Waals surface area contributed by atoms with E-state index < -0.39 is 46.0 Å². The van der Waals surface area contributed by atoms with Crippen LogP contribution in [0.1, 0.15) is 20.7 Å². The van der Waals surface area contributed by atoms with E-state index in [1.54, 1.807) is 0 Å². The normalized spacial score (nSPS) is 13.4. The molecule has 4 N–H and O–H groups in total. The van der Waals surface area contributed by atoms with Crippen LogP contribution in [-0.4, -0.2) is 36.2 Å². The first-order valence-electron chi connectivity index (χ1n) is 8.34. The number of rotatable bonds is 4. The van der Waals surface area contributed by atoms with Gasteiger partial charge in [0, 0.05) is 7.05 Å². The highest BCUT2D eigenvalue weighted by molar-refractivity contribution is 6.37. The zero-order valence-electron chi connectivity index (χ0n) is 15.5. The zero-order chi connectivity index (χ0) is 22.8. The smallest absolute Gasteiger partial charge is 0.404 e. The topological polar surface area (TPSA) is 107 Å². The number of alkyl halides is 3. The maximum atomic E-state index is 13.9. The van der Waals surface area contributed by atoms with Crippen LogP contribution >= 0.6 is 11.6 Å². The van der Waals surface area contributed by atoms with Gasteiger partial charge in [-0.15, -0.1) is 23.8 Å². The Morgan fingerprint density at radius 1 is 1.10 bits per heavy atom. The van der Waals surface area contributed by atoms with Crippen LogP contribution in [0.2, 0.25) is 5.02 Å². The first kappa shape index (κ1) is 22.1. The molecule has 9 nitrogen and oxygen atoms in total. The van der Waals surface area contributed by atoms with Gasteiger partial charge in [-0.05, 0) is 24.3 Å². The molecule has 0 saturated carbocycles. The Bertz CT molecular complexity index is 1060. The van der Waals surface area contributed by atoms with E-state index >= 15 is 0 Å². The molecule has 3 rings (SSSR count). The first-order chi connectivity index (χ1) is 14.6. The Hall–Kier alpha value is -3.58. The molecule has 0 saturated heterocycles. The molecule has 2 aromatic carbocycles. The molecule has 0 bridgehead atoms. The van der Waals surface area contributed by atoms with Crippen LogP contribution in [0.15, 0.2) is 41.5 Å². The van der Waals surface area contributed by atoms with Gasteiger partial charge in [0.15, 0.2) is 5.75 Å². The molecule has 14 heteroatoms. The molecule has 2 aromatic rings. The lowest BCUT2D eigenvalue weighted by Crippen LogP contribution is -2.45. The lowest BCUT2D eigenvalue weighted by Gasteiger charge is -2.18. The SMILES string of the molecule is CN1NNN=C1NC(=O)c1ccc(OC(F)(F)F)c(NC(=O)c2ccccc2F)c1Cl. The van der Waals surface area contributed by atoms with E-state index in [2.05, 4.69) is 31.5 Å². The van der Waals surface area contributed by atoms with E-state index in [-0.39, 0.29) is 11.5 Å². The minimum Gasteiger partial charge on any atom is -0.404 e. The third-order valence-corrected chi connectivity index (χ3v) is 4.25. The summed E-state index contributed by atoms with van der Waals surface area (Å²) in [6.07, 6.45) is -5.12. The number of hydrazone groups is 1. The Balaban J connectivity index is 1.97. The molecule has 1 aliphatic rings. The zero-order valence-corrected chi connectivity index (χ0v) is 16.2. The molecule has 0 unspecified atom stereocenters. The molecule has 0 spiro atoms. The van der Waals surface area contributed by atoms with Crippen molar-refractivity contribution in [2.75, 3.05) is 12.4 Å². The highest BCUT2D eigenvalue weighted by Crippen LogP contribution is 2.38. The van der Waals surface area contributed by atoms with Crippen LogP contribution in [0.5, 0.6) is 5.75 Å². The maximum absolute atomic E-state index is 13.9. The van der Waals surface area contributed by atoms with Gasteiger partial charge in [-0.2, -0.15) is 0 Å². The molecule has 0 fully saturated rings. The molecule has 0 radical (unpaired) electrons. The quantitative estimate of drug-likeness (QED) is 0.523. The number of ether oxygens (including phenoxy) is 1. The van der Waals surface area contributed by atoms with Crippen molar-refractivity contribution in [2.45, 2.75) is 6.36 Å². The number of amides is 2. The first-order valence-corrected chi connectivity index (χ1v) is 8.72. The number of anilines is 1. The van der Waals surface area contributed by atoms with Crippen LogP contribution in [0.3, 0.4) is 0 Å². The van der Waals surface area contributed by atoms with Gasteiger partial charge in [-0.25, -0.2) is 9.93 Å². The summed E-state index contributed by atoms with van der Waals surface area (Å²) in [5, 5.41) is 8.90. The number of hydrazine groups is 2. The van der Waals surface area contributed by atoms with Crippen molar-refractivity contribution in [1.29, 1.82) is 0 Å². The predicted octanol–water partition coefficient (Wildman–Crippen LogP) is 2.59. The van der Waals surface area contributed by atoms with Gasteiger partial charge in [0.25, 0.3) is 11.8 Å². The number of carbonyl (C=O) groups is 2. The largest absolute Gasteiger partial charge is 0.573 e. The molecule has 164 valence electrons. The number of nitrogens with zero attached hydrogens (tertiary/aromatic N) is 2. The van der Waals surface area contributed by atoms with Crippen molar-refractivity contribution in [2.24, 2.45) is 5.10 Å². The summed E-state index contributed by atoms with van der Waals surface area (Å²) >= 11 is 6.13. The van der Waals surface area contributed by atoms with Gasteiger partial charge in [0.2, 0.25) is 5.96 Å². The van der Waals surface area contributed by atoms with Crippen molar-refractivity contribution in [3.8, 4) is 5.75 Å². The van der Waals surface area contributed by atoms with Crippen molar-refractivity contribution in [1.82, 2.24) is 21.4 Å². The van der Waals surface area contributed by atoms with Gasteiger partial charge < -0.3 is 10.1 Å². The minimum atomic E-state index is -5.12. The Kier molecular flexibility index (Phi) is 6.17. The number of hydrogen-bond donors (Lipinski definition) is 4. The summed E-state index contributed by atoms with van der Waals surface area (Å²) in [7, 11) is 1.51. The Morgan fingerprint density at radius 2 is 1.77 bits per heavy atom. The highest BCUT2D eigenvalue weighted by Gasteiger charge is 2.34. The molecular formula is C17H13ClF4N6O3. The average molecular weight is 461 g/mol. The Morgan fingerprint density at radius 3 is 2.39 bits per heavy atom. The fourth-order valence-corrected chi connectivity index (χ4v) is 2.74. The van der Waals surface area contributed by atoms with E-state index in [1.807, 2.05) is 0 Å². The summed E-state index contributed by atoms with van der Waals surface area (Å²) in [5.41, 5.74) is 3.47. The molecule has 1 aliphatic heterocycles. The van der Waals surface area contributed by atoms with Crippen LogP contribution in [0.25, 0.3) is 0 Å². The fraction of sp³-hybridized carbons (Fsp3) is 0.118. The van der Waals surface area contributed by atoms with E-state index in [0.29, 0.717) is 0 Å². The summed E-state index contributed by atoms with van der Waals surface area (Å²) in [6, 6.07) is 6.56. The van der Waals surface area contributed by atoms with E-state index in [4.69, 9.17) is 11.6 Å². The van der Waals surface area contributed by atoms with Crippen LogP contribution in [0.4, 0.5) is 23.2 Å². The molecule has 1 heterocycles. The molecule has 0 atom stereocenters. The summed E-state index contributed by atoms with van der Waals surface area (Å²) in [4.78, 5) is 24.9. The number of benzene rings is 2. The number of nitrogens with one attached hydrogen (secondary N) is 4. The summed E-state index contributed by atoms with van der Waals surface area (Å²) in [5.74, 6) is -3.71. The second-order valence-electron chi connectivity index (χ2n) is 5.95. The van der Waals surface area contributed by atoms with Crippen molar-refractivity contribution in [3.63, 3.8) is 0 Å². The summed E-state index contributed by atoms with van der Waals surface area (Å²) in [6.45, 7) is 0. The highest BCUT2D eigenvalue weighted by atomic mass is 35.5. The van der Waals surface area contributed by atoms with Gasteiger partial charge in [0.1, 0.15) is 11.5 Å². The molecule has 31 heavy (non-hydrogen) atoms. The van der Waals surface area contributed by atoms with Gasteiger partial charge in [0.05, 0.1) is 16.1 Å². The third kappa shape index (κ3) is 5.13. The van der Waals surface area contributed by atoms with Crippen molar-refractivity contribution < 1.29 is 31.9 Å². The van der Waals surface area contributed by atoms with Crippen LogP contribution in [-0.2, 0) is 0 Å². The van der Waals surface area contributed by atoms with Crippen LogP contribution in [0, 0.1) is 5.82 Å². The van der Waals surface area contributed by atoms with Gasteiger partial charge in [-0.3, -0.25) is 19.9 Å². The average Bonchev–Trinajstić information content (AvgIpc) is 3.08. The van der Waals surface area contributed by atoms with Crippen LogP contribution < -0.4 is 26.4 Å². The molecule has 0 aliphatic carbocycles. The van der Waals surface area contributed by atoms with Crippen molar-refractivity contribution in [3.05, 3.63) is 58.4 Å². The third-order valence-electron chi connectivity index (χ3n) is 3.85. The molecule has 2 amide bonds. The second kappa shape index (κ2) is 8.65. The van der Waals surface area contributed by atoms with E-state index in [0.717, 1.165) is 24.3 Å². The van der Waals surface area contributed by atoms with Crippen molar-refractivity contribution >= 4 is 35.1 Å². The van der Waals surface area contributed by atoms with Gasteiger partial charge in [-0.1, -0.05) is 23.7 Å². The van der Waals surface area contributed by atoms with Gasteiger partial charge >= 0.3 is 6.36 Å². The minimum absolute atomic E-state index is 0.0358. The lowest BCUT2D eigenvalue weighted by molar-refractivity contribution is -0.274. The van der Waals surface area contributed by atoms with E-state index in [1.165, 1.54) is 24.2 Å².